The van der Waals surface area contributed by atoms with E-state index in [1.54, 1.807) is 26.1 Å². The Balaban J connectivity index is 2.83. The second kappa shape index (κ2) is 6.83. The average Bonchev–Trinajstić information content (AvgIpc) is 2.40. The topological polar surface area (TPSA) is 20.3 Å². The molecule has 0 saturated carbocycles. The van der Waals surface area contributed by atoms with E-state index in [0.29, 0.717) is 5.56 Å². The monoisotopic (exact) mass is 265 g/mol. The van der Waals surface area contributed by atoms with Gasteiger partial charge in [0, 0.05) is 13.1 Å². The third-order valence-corrected chi connectivity index (χ3v) is 2.90. The van der Waals surface area contributed by atoms with Crippen LogP contribution in [0.2, 0.25) is 0 Å². The predicted molar refractivity (Wildman–Crippen MR) is 71.5 cm³/mol. The highest BCUT2D eigenvalue weighted by atomic mass is 19.2. The van der Waals surface area contributed by atoms with E-state index < -0.39 is 11.6 Å². The zero-order chi connectivity index (χ0) is 14.4. The van der Waals surface area contributed by atoms with Gasteiger partial charge in [-0.15, -0.1) is 0 Å². The first kappa shape index (κ1) is 15.1. The summed E-state index contributed by atoms with van der Waals surface area (Å²) in [7, 11) is 1.62. The molecule has 0 aliphatic rings. The van der Waals surface area contributed by atoms with E-state index in [-0.39, 0.29) is 11.9 Å². The molecular formula is C15H17F2NO. The first-order chi connectivity index (χ1) is 8.97. The van der Waals surface area contributed by atoms with Crippen LogP contribution in [-0.4, -0.2) is 17.9 Å². The largest absolute Gasteiger partial charge is 0.335 e. The number of carbonyl (C=O) groups is 1. The molecule has 1 aromatic carbocycles. The van der Waals surface area contributed by atoms with Gasteiger partial charge < -0.3 is 4.90 Å². The van der Waals surface area contributed by atoms with E-state index in [9.17, 15) is 13.6 Å². The van der Waals surface area contributed by atoms with Crippen molar-refractivity contribution in [2.75, 3.05) is 7.05 Å². The van der Waals surface area contributed by atoms with Crippen LogP contribution in [0.4, 0.5) is 8.78 Å². The number of rotatable bonds is 4. The van der Waals surface area contributed by atoms with Gasteiger partial charge in [0.2, 0.25) is 5.91 Å². The Morgan fingerprint density at radius 1 is 1.26 bits per heavy atom. The summed E-state index contributed by atoms with van der Waals surface area (Å²) in [6.45, 7) is 3.61. The van der Waals surface area contributed by atoms with Crippen molar-refractivity contribution >= 4 is 5.91 Å². The summed E-state index contributed by atoms with van der Waals surface area (Å²) in [5, 5.41) is 0. The van der Waals surface area contributed by atoms with Gasteiger partial charge in [-0.25, -0.2) is 8.78 Å². The molecule has 102 valence electrons. The molecule has 1 atom stereocenters. The quantitative estimate of drug-likeness (QED) is 0.601. The molecule has 0 spiro atoms. The maximum absolute atomic E-state index is 13.2. The van der Waals surface area contributed by atoms with Gasteiger partial charge >= 0.3 is 0 Å². The molecule has 0 fully saturated rings. The SMILES string of the molecule is C/C=C/C=C/C(=O)N(C)C(C)c1ccc(F)c(F)c1. The molecule has 0 aliphatic heterocycles. The van der Waals surface area contributed by atoms with E-state index >= 15 is 0 Å². The van der Waals surface area contributed by atoms with Gasteiger partial charge in [0.05, 0.1) is 6.04 Å². The molecule has 1 unspecified atom stereocenters. The Bertz CT molecular complexity index is 509. The fourth-order valence-corrected chi connectivity index (χ4v) is 1.55. The van der Waals surface area contributed by atoms with Crippen molar-refractivity contribution in [1.82, 2.24) is 4.90 Å². The first-order valence-electron chi connectivity index (χ1n) is 5.98. The van der Waals surface area contributed by atoms with Gasteiger partial charge in [0.15, 0.2) is 11.6 Å². The number of likely N-dealkylation sites (N-methyl/N-ethyl adjacent to an activating group) is 1. The maximum atomic E-state index is 13.2. The van der Waals surface area contributed by atoms with Crippen LogP contribution >= 0.6 is 0 Å². The lowest BCUT2D eigenvalue weighted by molar-refractivity contribution is -0.126. The number of carbonyl (C=O) groups excluding carboxylic acids is 1. The number of hydrogen-bond donors (Lipinski definition) is 0. The summed E-state index contributed by atoms with van der Waals surface area (Å²) in [6, 6.07) is 3.31. The Labute approximate surface area is 112 Å². The summed E-state index contributed by atoms with van der Waals surface area (Å²) in [4.78, 5) is 13.3. The summed E-state index contributed by atoms with van der Waals surface area (Å²) in [5.41, 5.74) is 0.550. The smallest absolute Gasteiger partial charge is 0.246 e. The minimum Gasteiger partial charge on any atom is -0.335 e. The number of nitrogens with zero attached hydrogens (tertiary/aromatic N) is 1. The lowest BCUT2D eigenvalue weighted by Gasteiger charge is -2.24. The zero-order valence-electron chi connectivity index (χ0n) is 11.2. The number of allylic oxidation sites excluding steroid dienone is 3. The first-order valence-corrected chi connectivity index (χ1v) is 5.98. The van der Waals surface area contributed by atoms with Gasteiger partial charge in [-0.05, 0) is 31.5 Å². The second-order valence-corrected chi connectivity index (χ2v) is 4.18. The molecule has 0 aromatic heterocycles. The van der Waals surface area contributed by atoms with Crippen molar-refractivity contribution in [3.63, 3.8) is 0 Å². The second-order valence-electron chi connectivity index (χ2n) is 4.18. The van der Waals surface area contributed by atoms with E-state index in [1.807, 2.05) is 13.0 Å². The third-order valence-electron chi connectivity index (χ3n) is 2.90. The Kier molecular flexibility index (Phi) is 5.42. The normalized spacial score (nSPS) is 13.1. The molecule has 2 nitrogen and oxygen atoms in total. The molecule has 1 aromatic rings. The summed E-state index contributed by atoms with van der Waals surface area (Å²) >= 11 is 0. The van der Waals surface area contributed by atoms with Crippen molar-refractivity contribution in [1.29, 1.82) is 0 Å². The van der Waals surface area contributed by atoms with Gasteiger partial charge in [-0.1, -0.05) is 24.3 Å². The lowest BCUT2D eigenvalue weighted by Crippen LogP contribution is -2.28. The molecule has 4 heteroatoms. The Morgan fingerprint density at radius 2 is 1.95 bits per heavy atom. The molecule has 0 N–H and O–H groups in total. The maximum Gasteiger partial charge on any atom is 0.246 e. The highest BCUT2D eigenvalue weighted by Gasteiger charge is 2.16. The van der Waals surface area contributed by atoms with E-state index in [2.05, 4.69) is 0 Å². The Morgan fingerprint density at radius 3 is 2.53 bits per heavy atom. The van der Waals surface area contributed by atoms with Crippen molar-refractivity contribution in [2.45, 2.75) is 19.9 Å². The van der Waals surface area contributed by atoms with Gasteiger partial charge in [-0.2, -0.15) is 0 Å². The van der Waals surface area contributed by atoms with E-state index in [0.717, 1.165) is 12.1 Å². The number of halogens is 2. The minimum atomic E-state index is -0.908. The zero-order valence-corrected chi connectivity index (χ0v) is 11.2. The van der Waals surface area contributed by atoms with Gasteiger partial charge in [-0.3, -0.25) is 4.79 Å². The third kappa shape index (κ3) is 4.02. The van der Waals surface area contributed by atoms with Crippen molar-refractivity contribution in [3.05, 3.63) is 59.7 Å². The summed E-state index contributed by atoms with van der Waals surface area (Å²) < 4.78 is 26.0. The molecular weight excluding hydrogens is 248 g/mol. The lowest BCUT2D eigenvalue weighted by atomic mass is 10.1. The van der Waals surface area contributed by atoms with Crippen LogP contribution < -0.4 is 0 Å². The van der Waals surface area contributed by atoms with E-state index in [4.69, 9.17) is 0 Å². The van der Waals surface area contributed by atoms with Crippen LogP contribution in [0.1, 0.15) is 25.5 Å². The predicted octanol–water partition coefficient (Wildman–Crippen LogP) is 3.62. The Hall–Kier alpha value is -1.97. The molecule has 19 heavy (non-hydrogen) atoms. The van der Waals surface area contributed by atoms with E-state index in [1.165, 1.54) is 17.0 Å². The summed E-state index contributed by atoms with van der Waals surface area (Å²) in [5.74, 6) is -2.00. The van der Waals surface area contributed by atoms with Crippen LogP contribution in [0.3, 0.4) is 0 Å². The highest BCUT2D eigenvalue weighted by Crippen LogP contribution is 2.21. The fraction of sp³-hybridized carbons (Fsp3) is 0.267. The highest BCUT2D eigenvalue weighted by molar-refractivity contribution is 5.87. The number of amides is 1. The average molecular weight is 265 g/mol. The van der Waals surface area contributed by atoms with Crippen LogP contribution in [0.15, 0.2) is 42.5 Å². The van der Waals surface area contributed by atoms with Crippen molar-refractivity contribution in [2.24, 2.45) is 0 Å². The summed E-state index contributed by atoms with van der Waals surface area (Å²) in [6.07, 6.45) is 6.61. The van der Waals surface area contributed by atoms with Crippen LogP contribution in [0.5, 0.6) is 0 Å². The number of hydrogen-bond acceptors (Lipinski definition) is 1. The van der Waals surface area contributed by atoms with Crippen LogP contribution in [0.25, 0.3) is 0 Å². The molecule has 0 radical (unpaired) electrons. The molecule has 0 heterocycles. The molecule has 0 bridgehead atoms. The van der Waals surface area contributed by atoms with Crippen LogP contribution in [0, 0.1) is 11.6 Å². The van der Waals surface area contributed by atoms with Crippen molar-refractivity contribution < 1.29 is 13.6 Å². The van der Waals surface area contributed by atoms with Crippen LogP contribution in [-0.2, 0) is 4.79 Å². The molecule has 1 rings (SSSR count). The van der Waals surface area contributed by atoms with Gasteiger partial charge in [0.1, 0.15) is 0 Å². The minimum absolute atomic E-state index is 0.199. The van der Waals surface area contributed by atoms with Crippen molar-refractivity contribution in [3.8, 4) is 0 Å². The standard InChI is InChI=1S/C15H17F2NO/c1-4-5-6-7-15(19)18(3)11(2)12-8-9-13(16)14(17)10-12/h4-11H,1-3H3/b5-4+,7-6+. The van der Waals surface area contributed by atoms with Gasteiger partial charge in [0.25, 0.3) is 0 Å². The molecule has 1 amide bonds. The molecule has 0 saturated heterocycles. The fourth-order valence-electron chi connectivity index (χ4n) is 1.55. The molecule has 0 aliphatic carbocycles. The number of benzene rings is 1.